The molecule has 0 unspecified atom stereocenters. The molecule has 0 radical (unpaired) electrons. The summed E-state index contributed by atoms with van der Waals surface area (Å²) in [6, 6.07) is 0.805. The zero-order valence-corrected chi connectivity index (χ0v) is 30.1. The normalized spacial score (nSPS) is 25.3. The van der Waals surface area contributed by atoms with Crippen molar-refractivity contribution in [2.75, 3.05) is 90.7 Å². The standard InChI is InChI=1S/C32H56N6O9S2/c39-27(7-3-1-5-25-29-23(21-48-25)35-31(41)37-29)33-9-11-43-13-15-45-17-19-47-20-18-46-16-14-44-12-10-34-28(40)8-4-2-6-26-30-24(22-49-26)36-32(42)38-30/h23-26,29-30H,1-22H2,(H,33,39)(H,34,40)(H2,35,37,41)(H2,36,38,42)/t23-,24+,25-,26-,29-,30-/m0/s1. The van der Waals surface area contributed by atoms with Crippen molar-refractivity contribution in [3.8, 4) is 0 Å². The molecule has 4 heterocycles. The largest absolute Gasteiger partial charge is 0.377 e. The molecule has 0 saturated carbocycles. The van der Waals surface area contributed by atoms with Crippen molar-refractivity contribution in [3.05, 3.63) is 0 Å². The Balaban J connectivity index is 0.794. The first kappa shape index (κ1) is 39.8. The van der Waals surface area contributed by atoms with Crippen molar-refractivity contribution in [1.82, 2.24) is 31.9 Å². The van der Waals surface area contributed by atoms with E-state index >= 15 is 0 Å². The zero-order valence-electron chi connectivity index (χ0n) is 28.5. The summed E-state index contributed by atoms with van der Waals surface area (Å²) in [6.45, 7) is 5.56. The van der Waals surface area contributed by atoms with Crippen molar-refractivity contribution in [2.24, 2.45) is 0 Å². The molecule has 4 saturated heterocycles. The van der Waals surface area contributed by atoms with E-state index in [1.807, 2.05) is 23.5 Å². The molecule has 4 fully saturated rings. The zero-order chi connectivity index (χ0) is 34.5. The van der Waals surface area contributed by atoms with Crippen LogP contribution in [0.4, 0.5) is 9.59 Å². The minimum atomic E-state index is -0.0622. The molecule has 0 aromatic rings. The fraction of sp³-hybridized carbons (Fsp3) is 0.875. The Labute approximate surface area is 298 Å². The van der Waals surface area contributed by atoms with Gasteiger partial charge in [0.2, 0.25) is 11.8 Å². The Bertz CT molecular complexity index is 942. The van der Waals surface area contributed by atoms with Crippen LogP contribution < -0.4 is 31.9 Å². The number of rotatable bonds is 28. The van der Waals surface area contributed by atoms with E-state index in [2.05, 4.69) is 31.9 Å². The van der Waals surface area contributed by atoms with Crippen LogP contribution in [-0.2, 0) is 33.3 Å². The van der Waals surface area contributed by atoms with E-state index in [0.717, 1.165) is 50.0 Å². The Morgan fingerprint density at radius 3 is 1.31 bits per heavy atom. The lowest BCUT2D eigenvalue weighted by atomic mass is 10.0. The van der Waals surface area contributed by atoms with Gasteiger partial charge in [0, 0.05) is 47.9 Å². The van der Waals surface area contributed by atoms with Gasteiger partial charge in [-0.1, -0.05) is 12.8 Å². The second kappa shape index (κ2) is 23.5. The van der Waals surface area contributed by atoms with Crippen molar-refractivity contribution in [2.45, 2.75) is 86.0 Å². The van der Waals surface area contributed by atoms with Crippen LogP contribution in [0, 0.1) is 0 Å². The fourth-order valence-electron chi connectivity index (χ4n) is 6.23. The number of carbonyl (C=O) groups excluding carboxylic acids is 4. The maximum Gasteiger partial charge on any atom is 0.315 e. The second-order valence-electron chi connectivity index (χ2n) is 12.5. The first-order valence-corrected chi connectivity index (χ1v) is 19.9. The first-order chi connectivity index (χ1) is 24.0. The van der Waals surface area contributed by atoms with Crippen LogP contribution in [0.15, 0.2) is 0 Å². The first-order valence-electron chi connectivity index (χ1n) is 17.8. The smallest absolute Gasteiger partial charge is 0.315 e. The van der Waals surface area contributed by atoms with Gasteiger partial charge < -0.3 is 55.6 Å². The molecule has 6 amide bonds. The monoisotopic (exact) mass is 732 g/mol. The van der Waals surface area contributed by atoms with Crippen molar-refractivity contribution in [1.29, 1.82) is 0 Å². The van der Waals surface area contributed by atoms with E-state index in [4.69, 9.17) is 23.7 Å². The van der Waals surface area contributed by atoms with Crippen LogP contribution in [0.5, 0.6) is 0 Å². The van der Waals surface area contributed by atoms with Gasteiger partial charge >= 0.3 is 12.1 Å². The van der Waals surface area contributed by atoms with E-state index in [0.29, 0.717) is 102 Å². The molecule has 280 valence electrons. The van der Waals surface area contributed by atoms with Gasteiger partial charge in [-0.15, -0.1) is 0 Å². The second-order valence-corrected chi connectivity index (χ2v) is 15.0. The van der Waals surface area contributed by atoms with Crippen LogP contribution in [0.25, 0.3) is 0 Å². The maximum atomic E-state index is 12.0. The number of nitrogens with one attached hydrogen (secondary N) is 6. The van der Waals surface area contributed by atoms with Crippen LogP contribution in [0.3, 0.4) is 0 Å². The number of amides is 6. The minimum Gasteiger partial charge on any atom is -0.377 e. The molecular formula is C32H56N6O9S2. The van der Waals surface area contributed by atoms with Gasteiger partial charge in [-0.2, -0.15) is 23.5 Å². The van der Waals surface area contributed by atoms with Crippen molar-refractivity contribution < 1.29 is 42.9 Å². The summed E-state index contributed by atoms with van der Waals surface area (Å²) < 4.78 is 27.5. The van der Waals surface area contributed by atoms with Crippen molar-refractivity contribution in [3.63, 3.8) is 0 Å². The molecule has 0 aromatic heterocycles. The SMILES string of the molecule is O=C(CCCC[C@@H]1SC[C@H]2NC(=O)N[C@H]12)NCCOCCOCCOCCOCCOCCNC(=O)CCCC[C@@H]1SC[C@@H]2NC(=O)N[C@@H]21. The van der Waals surface area contributed by atoms with Gasteiger partial charge in [-0.05, 0) is 25.7 Å². The number of fused-ring (bicyclic) bond motifs is 2. The predicted molar refractivity (Wildman–Crippen MR) is 188 cm³/mol. The average Bonchev–Trinajstić information content (AvgIpc) is 3.84. The lowest BCUT2D eigenvalue weighted by Crippen LogP contribution is -2.36. The number of ether oxygens (including phenoxy) is 5. The molecule has 0 aliphatic carbocycles. The number of carbonyl (C=O) groups is 4. The number of hydrogen-bond acceptors (Lipinski definition) is 11. The topological polar surface area (TPSA) is 187 Å². The highest BCUT2D eigenvalue weighted by Gasteiger charge is 2.43. The average molecular weight is 733 g/mol. The lowest BCUT2D eigenvalue weighted by Gasteiger charge is -2.16. The third kappa shape index (κ3) is 15.4. The van der Waals surface area contributed by atoms with Crippen molar-refractivity contribution >= 4 is 47.4 Å². The summed E-state index contributed by atoms with van der Waals surface area (Å²) >= 11 is 3.80. The third-order valence-corrected chi connectivity index (χ3v) is 11.8. The van der Waals surface area contributed by atoms with E-state index in [1.165, 1.54) is 0 Å². The van der Waals surface area contributed by atoms with Gasteiger partial charge in [0.25, 0.3) is 0 Å². The van der Waals surface area contributed by atoms with E-state index < -0.39 is 0 Å². The number of unbranched alkanes of at least 4 members (excludes halogenated alkanes) is 2. The molecule has 17 heteroatoms. The lowest BCUT2D eigenvalue weighted by molar-refractivity contribution is -0.122. The summed E-state index contributed by atoms with van der Waals surface area (Å²) in [6.07, 6.45) is 6.65. The fourth-order valence-corrected chi connectivity index (χ4v) is 9.32. The van der Waals surface area contributed by atoms with Gasteiger partial charge in [-0.25, -0.2) is 9.59 Å². The maximum absolute atomic E-state index is 12.0. The molecule has 4 aliphatic heterocycles. The molecule has 6 N–H and O–H groups in total. The molecule has 6 atom stereocenters. The predicted octanol–water partition coefficient (Wildman–Crippen LogP) is 0.753. The summed E-state index contributed by atoms with van der Waals surface area (Å²) in [5.74, 6) is 2.00. The van der Waals surface area contributed by atoms with Crippen LogP contribution in [-0.4, -0.2) is 149 Å². The number of urea groups is 2. The summed E-state index contributed by atoms with van der Waals surface area (Å²) in [5.41, 5.74) is 0. The molecule has 0 spiro atoms. The summed E-state index contributed by atoms with van der Waals surface area (Å²) in [5, 5.41) is 18.6. The Morgan fingerprint density at radius 1 is 0.551 bits per heavy atom. The van der Waals surface area contributed by atoms with E-state index in [-0.39, 0.29) is 48.0 Å². The molecule has 4 rings (SSSR count). The van der Waals surface area contributed by atoms with Gasteiger partial charge in [0.1, 0.15) is 0 Å². The highest BCUT2D eigenvalue weighted by Crippen LogP contribution is 2.34. The quantitative estimate of drug-likeness (QED) is 0.0493. The Morgan fingerprint density at radius 2 is 0.918 bits per heavy atom. The summed E-state index contributed by atoms with van der Waals surface area (Å²) in [4.78, 5) is 47.0. The van der Waals surface area contributed by atoms with E-state index in [1.54, 1.807) is 0 Å². The minimum absolute atomic E-state index is 0.0400. The molecule has 4 aliphatic rings. The highest BCUT2D eigenvalue weighted by molar-refractivity contribution is 8.00. The van der Waals surface area contributed by atoms with Crippen LogP contribution in [0.1, 0.15) is 51.4 Å². The van der Waals surface area contributed by atoms with E-state index in [9.17, 15) is 19.2 Å². The number of thioether (sulfide) groups is 2. The van der Waals surface area contributed by atoms with Gasteiger partial charge in [0.05, 0.1) is 90.2 Å². The number of hydrogen-bond donors (Lipinski definition) is 6. The Hall–Kier alpha value is -2.02. The Kier molecular flexibility index (Phi) is 19.0. The van der Waals surface area contributed by atoms with Crippen LogP contribution >= 0.6 is 23.5 Å². The molecule has 15 nitrogen and oxygen atoms in total. The summed E-state index contributed by atoms with van der Waals surface area (Å²) in [7, 11) is 0. The molecule has 49 heavy (non-hydrogen) atoms. The molecule has 0 aromatic carbocycles. The third-order valence-electron chi connectivity index (χ3n) is 8.79. The molecule has 0 bridgehead atoms. The van der Waals surface area contributed by atoms with Gasteiger partial charge in [-0.3, -0.25) is 9.59 Å². The van der Waals surface area contributed by atoms with Gasteiger partial charge in [0.15, 0.2) is 0 Å². The molecular weight excluding hydrogens is 677 g/mol. The van der Waals surface area contributed by atoms with Crippen LogP contribution in [0.2, 0.25) is 0 Å². The highest BCUT2D eigenvalue weighted by atomic mass is 32.2.